The summed E-state index contributed by atoms with van der Waals surface area (Å²) in [4.78, 5) is 16.1. The molecule has 3 rings (SSSR count). The highest BCUT2D eigenvalue weighted by Gasteiger charge is 2.16. The Bertz CT molecular complexity index is 1110. The Kier molecular flexibility index (Phi) is 9.56. The molecule has 0 aliphatic heterocycles. The average Bonchev–Trinajstić information content (AvgIpc) is 2.78. The molecule has 1 heterocycles. The number of pyridine rings is 1. The third kappa shape index (κ3) is 7.71. The SMILES string of the molecule is CCOC(=O)Cc1ccc(Br)cc1CCC(O)c1cc(Cl)ccc1COc1cccc(Cl)n1. The minimum absolute atomic E-state index is 0.190. The standard InChI is InChI=1S/C25H24BrCl2NO4/c1-2-32-25(31)13-17-6-9-19(26)12-16(17)8-11-22(30)21-14-20(27)10-7-18(21)15-33-24-5-3-4-23(28)29-24/h3-7,9-10,12,14,22,30H,2,8,11,13,15H2,1H3. The summed E-state index contributed by atoms with van der Waals surface area (Å²) in [5, 5.41) is 11.9. The Balaban J connectivity index is 1.73. The van der Waals surface area contributed by atoms with E-state index in [1.807, 2.05) is 24.3 Å². The first-order valence-electron chi connectivity index (χ1n) is 10.5. The lowest BCUT2D eigenvalue weighted by molar-refractivity contribution is -0.142. The van der Waals surface area contributed by atoms with Gasteiger partial charge >= 0.3 is 5.97 Å². The van der Waals surface area contributed by atoms with Gasteiger partial charge in [0.2, 0.25) is 5.88 Å². The lowest BCUT2D eigenvalue weighted by atomic mass is 9.94. The Morgan fingerprint density at radius 3 is 2.64 bits per heavy atom. The van der Waals surface area contributed by atoms with Crippen LogP contribution in [0, 0.1) is 0 Å². The molecule has 5 nitrogen and oxygen atoms in total. The van der Waals surface area contributed by atoms with Crippen LogP contribution in [0.2, 0.25) is 10.2 Å². The van der Waals surface area contributed by atoms with Crippen molar-refractivity contribution in [2.24, 2.45) is 0 Å². The summed E-state index contributed by atoms with van der Waals surface area (Å²) in [7, 11) is 0. The number of aliphatic hydroxyl groups excluding tert-OH is 1. The van der Waals surface area contributed by atoms with Gasteiger partial charge in [-0.1, -0.05) is 57.3 Å². The Hall–Kier alpha value is -2.12. The molecule has 1 atom stereocenters. The molecule has 33 heavy (non-hydrogen) atoms. The molecular formula is C25H24BrCl2NO4. The maximum atomic E-state index is 12.0. The quantitative estimate of drug-likeness (QED) is 0.229. The van der Waals surface area contributed by atoms with E-state index in [2.05, 4.69) is 20.9 Å². The van der Waals surface area contributed by atoms with Crippen molar-refractivity contribution in [3.63, 3.8) is 0 Å². The van der Waals surface area contributed by atoms with Crippen molar-refractivity contribution in [2.75, 3.05) is 6.61 Å². The second-order valence-corrected chi connectivity index (χ2v) is 9.12. The van der Waals surface area contributed by atoms with Gasteiger partial charge in [0.25, 0.3) is 0 Å². The summed E-state index contributed by atoms with van der Waals surface area (Å²) in [6.07, 6.45) is 0.423. The predicted octanol–water partition coefficient (Wildman–Crippen LogP) is 6.50. The number of halogens is 3. The molecule has 174 valence electrons. The third-order valence-corrected chi connectivity index (χ3v) is 5.97. The van der Waals surface area contributed by atoms with E-state index in [0.29, 0.717) is 41.1 Å². The summed E-state index contributed by atoms with van der Waals surface area (Å²) >= 11 is 15.6. The molecule has 1 N–H and O–H groups in total. The van der Waals surface area contributed by atoms with Crippen LogP contribution in [0.1, 0.15) is 41.7 Å². The van der Waals surface area contributed by atoms with Crippen molar-refractivity contribution in [3.8, 4) is 5.88 Å². The number of hydrogen-bond donors (Lipinski definition) is 1. The highest BCUT2D eigenvalue weighted by molar-refractivity contribution is 9.10. The maximum absolute atomic E-state index is 12.0. The van der Waals surface area contributed by atoms with Gasteiger partial charge in [0, 0.05) is 15.6 Å². The van der Waals surface area contributed by atoms with Crippen LogP contribution in [0.5, 0.6) is 5.88 Å². The molecule has 0 aliphatic rings. The van der Waals surface area contributed by atoms with E-state index in [1.165, 1.54) is 0 Å². The van der Waals surface area contributed by atoms with E-state index in [-0.39, 0.29) is 19.0 Å². The first kappa shape index (κ1) is 25.5. The van der Waals surface area contributed by atoms with Gasteiger partial charge in [-0.25, -0.2) is 4.98 Å². The maximum Gasteiger partial charge on any atom is 0.310 e. The highest BCUT2D eigenvalue weighted by Crippen LogP contribution is 2.28. The van der Waals surface area contributed by atoms with Gasteiger partial charge in [-0.15, -0.1) is 0 Å². The molecule has 0 radical (unpaired) electrons. The summed E-state index contributed by atoms with van der Waals surface area (Å²) in [6.45, 7) is 2.33. The number of aliphatic hydroxyl groups is 1. The van der Waals surface area contributed by atoms with E-state index in [4.69, 9.17) is 32.7 Å². The molecule has 0 spiro atoms. The molecule has 0 aliphatic carbocycles. The number of aromatic nitrogens is 1. The number of nitrogens with zero attached hydrogens (tertiary/aromatic N) is 1. The summed E-state index contributed by atoms with van der Waals surface area (Å²) in [5.41, 5.74) is 3.34. The van der Waals surface area contributed by atoms with Gasteiger partial charge in [-0.05, 0) is 72.4 Å². The second kappa shape index (κ2) is 12.4. The van der Waals surface area contributed by atoms with E-state index in [9.17, 15) is 9.90 Å². The minimum atomic E-state index is -0.774. The van der Waals surface area contributed by atoms with Gasteiger partial charge in [-0.3, -0.25) is 4.79 Å². The Labute approximate surface area is 211 Å². The van der Waals surface area contributed by atoms with E-state index in [1.54, 1.807) is 37.3 Å². The van der Waals surface area contributed by atoms with Gasteiger partial charge in [0.15, 0.2) is 0 Å². The summed E-state index contributed by atoms with van der Waals surface area (Å²) < 4.78 is 11.8. The third-order valence-electron chi connectivity index (χ3n) is 5.03. The number of esters is 1. The first-order valence-corrected chi connectivity index (χ1v) is 12.0. The van der Waals surface area contributed by atoms with Crippen LogP contribution in [-0.2, 0) is 29.0 Å². The number of benzene rings is 2. The fourth-order valence-electron chi connectivity index (χ4n) is 3.44. The number of aryl methyl sites for hydroxylation is 1. The number of carbonyl (C=O) groups is 1. The molecular weight excluding hydrogens is 529 g/mol. The van der Waals surface area contributed by atoms with E-state index in [0.717, 1.165) is 21.2 Å². The lowest BCUT2D eigenvalue weighted by Gasteiger charge is -2.18. The first-order chi connectivity index (χ1) is 15.9. The van der Waals surface area contributed by atoms with E-state index < -0.39 is 6.10 Å². The molecule has 0 fully saturated rings. The van der Waals surface area contributed by atoms with Crippen LogP contribution in [0.3, 0.4) is 0 Å². The van der Waals surface area contributed by atoms with Crippen molar-refractivity contribution in [1.29, 1.82) is 0 Å². The van der Waals surface area contributed by atoms with Gasteiger partial charge in [0.1, 0.15) is 11.8 Å². The van der Waals surface area contributed by atoms with E-state index >= 15 is 0 Å². The van der Waals surface area contributed by atoms with Crippen molar-refractivity contribution < 1.29 is 19.4 Å². The molecule has 0 saturated carbocycles. The van der Waals surface area contributed by atoms with Gasteiger partial charge in [0.05, 0.1) is 19.1 Å². The van der Waals surface area contributed by atoms with Crippen molar-refractivity contribution in [1.82, 2.24) is 4.98 Å². The Morgan fingerprint density at radius 1 is 1.09 bits per heavy atom. The predicted molar refractivity (Wildman–Crippen MR) is 133 cm³/mol. The molecule has 1 aromatic heterocycles. The van der Waals surface area contributed by atoms with Crippen molar-refractivity contribution in [2.45, 2.75) is 38.9 Å². The second-order valence-electron chi connectivity index (χ2n) is 7.38. The van der Waals surface area contributed by atoms with Crippen LogP contribution in [0.4, 0.5) is 0 Å². The van der Waals surface area contributed by atoms with Crippen LogP contribution in [0.25, 0.3) is 0 Å². The average molecular weight is 553 g/mol. The van der Waals surface area contributed by atoms with Crippen molar-refractivity contribution >= 4 is 45.1 Å². The monoisotopic (exact) mass is 551 g/mol. The minimum Gasteiger partial charge on any atom is -0.473 e. The lowest BCUT2D eigenvalue weighted by Crippen LogP contribution is -2.11. The topological polar surface area (TPSA) is 68.7 Å². The zero-order valence-electron chi connectivity index (χ0n) is 18.1. The molecule has 0 saturated heterocycles. The van der Waals surface area contributed by atoms with Crippen LogP contribution < -0.4 is 4.74 Å². The highest BCUT2D eigenvalue weighted by atomic mass is 79.9. The summed E-state index contributed by atoms with van der Waals surface area (Å²) in [5.74, 6) is 0.126. The number of carbonyl (C=O) groups excluding carboxylic acids is 1. The largest absolute Gasteiger partial charge is 0.473 e. The normalized spacial score (nSPS) is 11.8. The van der Waals surface area contributed by atoms with Crippen LogP contribution >= 0.6 is 39.1 Å². The fourth-order valence-corrected chi connectivity index (χ4v) is 4.19. The molecule has 0 bridgehead atoms. The fraction of sp³-hybridized carbons (Fsp3) is 0.280. The molecule has 3 aromatic rings. The molecule has 8 heteroatoms. The van der Waals surface area contributed by atoms with Crippen LogP contribution in [0.15, 0.2) is 59.1 Å². The zero-order valence-corrected chi connectivity index (χ0v) is 21.2. The zero-order chi connectivity index (χ0) is 23.8. The smallest absolute Gasteiger partial charge is 0.310 e. The van der Waals surface area contributed by atoms with Crippen molar-refractivity contribution in [3.05, 3.63) is 91.5 Å². The number of ether oxygens (including phenoxy) is 2. The van der Waals surface area contributed by atoms with Gasteiger partial charge in [-0.2, -0.15) is 0 Å². The Morgan fingerprint density at radius 2 is 1.88 bits per heavy atom. The van der Waals surface area contributed by atoms with Crippen LogP contribution in [-0.4, -0.2) is 22.7 Å². The summed E-state index contributed by atoms with van der Waals surface area (Å²) in [6, 6.07) is 16.2. The molecule has 0 amide bonds. The van der Waals surface area contributed by atoms with Gasteiger partial charge < -0.3 is 14.6 Å². The number of rotatable bonds is 10. The molecule has 1 unspecified atom stereocenters. The molecule has 2 aromatic carbocycles. The number of hydrogen-bond acceptors (Lipinski definition) is 5.